The van der Waals surface area contributed by atoms with Gasteiger partial charge in [-0.15, -0.1) is 0 Å². The lowest BCUT2D eigenvalue weighted by Gasteiger charge is -2.09. The Morgan fingerprint density at radius 3 is 2.52 bits per heavy atom. The highest BCUT2D eigenvalue weighted by atomic mass is 79.9. The Balaban J connectivity index is 2.18. The summed E-state index contributed by atoms with van der Waals surface area (Å²) in [4.78, 5) is 10.7. The van der Waals surface area contributed by atoms with E-state index in [0.29, 0.717) is 27.9 Å². The summed E-state index contributed by atoms with van der Waals surface area (Å²) < 4.78 is 19.5. The summed E-state index contributed by atoms with van der Waals surface area (Å²) in [5.74, 6) is 0.117. The van der Waals surface area contributed by atoms with E-state index in [2.05, 4.69) is 21.2 Å². The van der Waals surface area contributed by atoms with Crippen LogP contribution in [0.15, 0.2) is 40.9 Å². The van der Waals surface area contributed by atoms with Gasteiger partial charge in [-0.05, 0) is 45.3 Å². The molecule has 0 aliphatic rings. The minimum absolute atomic E-state index is 0.314. The first-order chi connectivity index (χ1) is 10.0. The summed E-state index contributed by atoms with van der Waals surface area (Å²) in [6.45, 7) is 0. The van der Waals surface area contributed by atoms with E-state index in [1.165, 1.54) is 7.11 Å². The predicted octanol–water partition coefficient (Wildman–Crippen LogP) is 3.68. The summed E-state index contributed by atoms with van der Waals surface area (Å²) in [5, 5.41) is 2.47. The van der Waals surface area contributed by atoms with Crippen molar-refractivity contribution in [3.63, 3.8) is 0 Å². The maximum atomic E-state index is 14.2. The number of methoxy groups -OCH3 is 1. The Bertz CT molecular complexity index is 659. The van der Waals surface area contributed by atoms with Crippen LogP contribution < -0.4 is 15.8 Å². The van der Waals surface area contributed by atoms with Gasteiger partial charge in [-0.3, -0.25) is 0 Å². The number of primary amides is 1. The van der Waals surface area contributed by atoms with Crippen molar-refractivity contribution >= 4 is 27.6 Å². The summed E-state index contributed by atoms with van der Waals surface area (Å²) in [6, 6.07) is 9.84. The van der Waals surface area contributed by atoms with Crippen LogP contribution in [0.5, 0.6) is 5.75 Å². The molecule has 0 aromatic heterocycles. The zero-order chi connectivity index (χ0) is 15.4. The number of nitrogens with two attached hydrogens (primary N) is 1. The summed E-state index contributed by atoms with van der Waals surface area (Å²) in [6.07, 6.45) is 0.436. The molecule has 0 aliphatic heterocycles. The van der Waals surface area contributed by atoms with E-state index in [1.54, 1.807) is 24.3 Å². The third-order valence-corrected chi connectivity index (χ3v) is 3.70. The van der Waals surface area contributed by atoms with Crippen molar-refractivity contribution in [2.45, 2.75) is 6.42 Å². The predicted molar refractivity (Wildman–Crippen MR) is 83.1 cm³/mol. The normalized spacial score (nSPS) is 10.2. The molecular formula is C15H14BrFN2O2. The number of hydrogen-bond donors (Lipinski definition) is 2. The van der Waals surface area contributed by atoms with Gasteiger partial charge in [0.15, 0.2) is 0 Å². The Hall–Kier alpha value is -2.08. The molecule has 0 saturated carbocycles. The Kier molecular flexibility index (Phi) is 4.80. The lowest BCUT2D eigenvalue weighted by Crippen LogP contribution is -2.19. The van der Waals surface area contributed by atoms with Crippen molar-refractivity contribution < 1.29 is 13.9 Å². The number of urea groups is 1. The van der Waals surface area contributed by atoms with Crippen LogP contribution in [-0.4, -0.2) is 13.1 Å². The van der Waals surface area contributed by atoms with Gasteiger partial charge in [0.25, 0.3) is 0 Å². The smallest absolute Gasteiger partial charge is 0.316 e. The molecule has 0 radical (unpaired) electrons. The molecule has 2 amide bonds. The van der Waals surface area contributed by atoms with E-state index in [-0.39, 0.29) is 5.82 Å². The zero-order valence-electron chi connectivity index (χ0n) is 11.3. The van der Waals surface area contributed by atoms with Crippen molar-refractivity contribution in [3.05, 3.63) is 57.8 Å². The van der Waals surface area contributed by atoms with Gasteiger partial charge in [0.2, 0.25) is 0 Å². The molecule has 0 bridgehead atoms. The van der Waals surface area contributed by atoms with Crippen LogP contribution >= 0.6 is 15.9 Å². The van der Waals surface area contributed by atoms with Gasteiger partial charge in [0.1, 0.15) is 11.6 Å². The highest BCUT2D eigenvalue weighted by molar-refractivity contribution is 9.10. The lowest BCUT2D eigenvalue weighted by molar-refractivity contribution is 0.259. The number of carbonyl (C=O) groups is 1. The third-order valence-electron chi connectivity index (χ3n) is 2.96. The first-order valence-electron chi connectivity index (χ1n) is 6.17. The molecular weight excluding hydrogens is 339 g/mol. The number of ether oxygens (including phenoxy) is 1. The molecule has 2 aromatic carbocycles. The third kappa shape index (κ3) is 3.72. The van der Waals surface area contributed by atoms with E-state index in [9.17, 15) is 9.18 Å². The van der Waals surface area contributed by atoms with Crippen molar-refractivity contribution in [1.29, 1.82) is 0 Å². The first-order valence-corrected chi connectivity index (χ1v) is 6.97. The molecule has 110 valence electrons. The Morgan fingerprint density at radius 2 is 1.95 bits per heavy atom. The monoisotopic (exact) mass is 352 g/mol. The van der Waals surface area contributed by atoms with Gasteiger partial charge in [-0.1, -0.05) is 18.2 Å². The van der Waals surface area contributed by atoms with Crippen molar-refractivity contribution in [2.75, 3.05) is 12.4 Å². The minimum atomic E-state index is -0.618. The number of amides is 2. The average Bonchev–Trinajstić information content (AvgIpc) is 2.45. The van der Waals surface area contributed by atoms with Crippen LogP contribution in [0.2, 0.25) is 0 Å². The molecule has 2 aromatic rings. The fourth-order valence-electron chi connectivity index (χ4n) is 1.93. The van der Waals surface area contributed by atoms with Crippen molar-refractivity contribution in [1.82, 2.24) is 0 Å². The number of hydrogen-bond acceptors (Lipinski definition) is 2. The van der Waals surface area contributed by atoms with Crippen LogP contribution in [0.3, 0.4) is 0 Å². The largest absolute Gasteiger partial charge is 0.495 e. The topological polar surface area (TPSA) is 64.3 Å². The number of nitrogens with one attached hydrogen (secondary N) is 1. The molecule has 0 heterocycles. The molecule has 0 atom stereocenters. The summed E-state index contributed by atoms with van der Waals surface area (Å²) in [7, 11) is 1.49. The van der Waals surface area contributed by atoms with Crippen molar-refractivity contribution in [2.24, 2.45) is 5.73 Å². The maximum absolute atomic E-state index is 14.2. The van der Waals surface area contributed by atoms with E-state index in [0.717, 1.165) is 5.56 Å². The highest BCUT2D eigenvalue weighted by Crippen LogP contribution is 2.30. The van der Waals surface area contributed by atoms with E-state index >= 15 is 0 Å². The second kappa shape index (κ2) is 6.58. The number of rotatable bonds is 4. The van der Waals surface area contributed by atoms with E-state index < -0.39 is 6.03 Å². The van der Waals surface area contributed by atoms with Gasteiger partial charge < -0.3 is 15.8 Å². The van der Waals surface area contributed by atoms with E-state index in [4.69, 9.17) is 10.5 Å². The van der Waals surface area contributed by atoms with Crippen LogP contribution in [0, 0.1) is 5.82 Å². The molecule has 2 rings (SSSR count). The Labute approximate surface area is 130 Å². The number of anilines is 1. The molecule has 0 aliphatic carbocycles. The van der Waals surface area contributed by atoms with Gasteiger partial charge in [-0.25, -0.2) is 9.18 Å². The molecule has 6 heteroatoms. The number of benzene rings is 2. The molecule has 0 unspecified atom stereocenters. The quantitative estimate of drug-likeness (QED) is 0.881. The zero-order valence-corrected chi connectivity index (χ0v) is 12.9. The van der Waals surface area contributed by atoms with Crippen LogP contribution in [0.1, 0.15) is 11.1 Å². The Morgan fingerprint density at radius 1 is 1.29 bits per heavy atom. The molecule has 0 saturated heterocycles. The molecule has 21 heavy (non-hydrogen) atoms. The molecule has 0 spiro atoms. The van der Waals surface area contributed by atoms with Gasteiger partial charge in [0, 0.05) is 12.1 Å². The second-order valence-corrected chi connectivity index (χ2v) is 5.21. The summed E-state index contributed by atoms with van der Waals surface area (Å²) in [5.41, 5.74) is 7.10. The standard InChI is InChI=1S/C15H14BrFN2O2/c1-21-12-7-4-10(14(17)13(12)16)8-9-2-5-11(6-3-9)19-15(18)20/h2-7H,8H2,1H3,(H3,18,19,20). The minimum Gasteiger partial charge on any atom is -0.495 e. The fraction of sp³-hybridized carbons (Fsp3) is 0.133. The van der Waals surface area contributed by atoms with Gasteiger partial charge in [0.05, 0.1) is 11.6 Å². The van der Waals surface area contributed by atoms with Crippen molar-refractivity contribution in [3.8, 4) is 5.75 Å². The summed E-state index contributed by atoms with van der Waals surface area (Å²) >= 11 is 3.18. The molecule has 0 fully saturated rings. The first kappa shape index (κ1) is 15.3. The molecule has 4 nitrogen and oxygen atoms in total. The number of carbonyl (C=O) groups excluding carboxylic acids is 1. The van der Waals surface area contributed by atoms with E-state index in [1.807, 2.05) is 12.1 Å². The second-order valence-electron chi connectivity index (χ2n) is 4.42. The van der Waals surface area contributed by atoms with Crippen LogP contribution in [-0.2, 0) is 6.42 Å². The maximum Gasteiger partial charge on any atom is 0.316 e. The average molecular weight is 353 g/mol. The highest BCUT2D eigenvalue weighted by Gasteiger charge is 2.12. The lowest BCUT2D eigenvalue weighted by atomic mass is 10.0. The fourth-order valence-corrected chi connectivity index (χ4v) is 2.48. The van der Waals surface area contributed by atoms with Gasteiger partial charge in [-0.2, -0.15) is 0 Å². The number of halogens is 2. The van der Waals surface area contributed by atoms with Gasteiger partial charge >= 0.3 is 6.03 Å². The molecule has 3 N–H and O–H groups in total. The SMILES string of the molecule is COc1ccc(Cc2ccc(NC(N)=O)cc2)c(F)c1Br. The van der Waals surface area contributed by atoms with Crippen LogP contribution in [0.4, 0.5) is 14.9 Å². The van der Waals surface area contributed by atoms with Crippen LogP contribution in [0.25, 0.3) is 0 Å².